The van der Waals surface area contributed by atoms with Gasteiger partial charge in [-0.25, -0.2) is 0 Å². The Morgan fingerprint density at radius 2 is 2.11 bits per heavy atom. The number of ether oxygens (including phenoxy) is 1. The van der Waals surface area contributed by atoms with Crippen LogP contribution >= 0.6 is 11.6 Å². The second-order valence-corrected chi connectivity index (χ2v) is 6.50. The molecular weight excluding hydrogens is 286 g/mol. The molecule has 0 aromatic heterocycles. The zero-order valence-corrected chi connectivity index (χ0v) is 12.3. The van der Waals surface area contributed by atoms with Gasteiger partial charge in [-0.1, -0.05) is 11.6 Å². The molecule has 104 valence electrons. The molecule has 0 spiro atoms. The normalized spacial score (nSPS) is 17.4. The van der Waals surface area contributed by atoms with Gasteiger partial charge in [-0.2, -0.15) is 0 Å². The van der Waals surface area contributed by atoms with E-state index in [-0.39, 0.29) is 5.78 Å². The highest BCUT2D eigenvalue weighted by Gasteiger charge is 2.18. The van der Waals surface area contributed by atoms with E-state index in [9.17, 15) is 9.00 Å². The third-order valence-corrected chi connectivity index (χ3v) is 4.68. The van der Waals surface area contributed by atoms with Crippen LogP contribution in [0.1, 0.15) is 10.4 Å². The molecule has 1 aliphatic heterocycles. The second-order valence-electron chi connectivity index (χ2n) is 4.40. The number of ketones is 1. The Balaban J connectivity index is 2.00. The fourth-order valence-electron chi connectivity index (χ4n) is 1.97. The molecule has 2 rings (SSSR count). The standard InChI is InChI=1S/C13H16ClNO3S/c1-18-13-3-2-10(8-11(13)14)12(16)9-15-4-6-19(17)7-5-15/h2-3,8H,4-7,9H2,1H3. The first-order valence-corrected chi connectivity index (χ1v) is 7.91. The van der Waals surface area contributed by atoms with Gasteiger partial charge in [-0.05, 0) is 18.2 Å². The molecule has 0 saturated carbocycles. The van der Waals surface area contributed by atoms with Crippen LogP contribution in [0.3, 0.4) is 0 Å². The quantitative estimate of drug-likeness (QED) is 0.793. The fourth-order valence-corrected chi connectivity index (χ4v) is 3.35. The smallest absolute Gasteiger partial charge is 0.176 e. The van der Waals surface area contributed by atoms with E-state index in [0.29, 0.717) is 47.5 Å². The number of hydrogen-bond donors (Lipinski definition) is 0. The van der Waals surface area contributed by atoms with E-state index in [0.717, 1.165) is 0 Å². The number of methoxy groups -OCH3 is 1. The third-order valence-electron chi connectivity index (χ3n) is 3.11. The summed E-state index contributed by atoms with van der Waals surface area (Å²) in [5.74, 6) is 1.89. The lowest BCUT2D eigenvalue weighted by Crippen LogP contribution is -2.40. The molecule has 1 aromatic rings. The number of benzene rings is 1. The van der Waals surface area contributed by atoms with Crippen molar-refractivity contribution in [2.24, 2.45) is 0 Å². The van der Waals surface area contributed by atoms with Crippen molar-refractivity contribution in [3.05, 3.63) is 28.8 Å². The van der Waals surface area contributed by atoms with Gasteiger partial charge in [0, 0.05) is 41.0 Å². The molecule has 0 atom stereocenters. The van der Waals surface area contributed by atoms with Crippen molar-refractivity contribution in [3.8, 4) is 5.75 Å². The highest BCUT2D eigenvalue weighted by molar-refractivity contribution is 7.85. The average Bonchev–Trinajstić information content (AvgIpc) is 2.41. The topological polar surface area (TPSA) is 46.6 Å². The molecule has 1 fully saturated rings. The van der Waals surface area contributed by atoms with Crippen LogP contribution in [0.4, 0.5) is 0 Å². The molecule has 0 unspecified atom stereocenters. The minimum atomic E-state index is -0.719. The Morgan fingerprint density at radius 3 is 2.68 bits per heavy atom. The number of Topliss-reactive ketones (excluding diaryl/α,β-unsaturated/α-hetero) is 1. The summed E-state index contributed by atoms with van der Waals surface area (Å²) in [7, 11) is 0.819. The van der Waals surface area contributed by atoms with Crippen LogP contribution in [0.2, 0.25) is 5.02 Å². The van der Waals surface area contributed by atoms with Crippen molar-refractivity contribution in [1.29, 1.82) is 0 Å². The summed E-state index contributed by atoms with van der Waals surface area (Å²) >= 11 is 6.00. The molecule has 0 radical (unpaired) electrons. The molecule has 0 aliphatic carbocycles. The number of carbonyl (C=O) groups excluding carboxylic acids is 1. The Labute approximate surface area is 120 Å². The monoisotopic (exact) mass is 301 g/mol. The first kappa shape index (κ1) is 14.5. The number of rotatable bonds is 4. The SMILES string of the molecule is COc1ccc(C(=O)CN2CCS(=O)CC2)cc1Cl. The largest absolute Gasteiger partial charge is 0.495 e. The van der Waals surface area contributed by atoms with Crippen LogP contribution in [0.15, 0.2) is 18.2 Å². The van der Waals surface area contributed by atoms with Crippen molar-refractivity contribution >= 4 is 28.2 Å². The van der Waals surface area contributed by atoms with Crippen molar-refractivity contribution in [3.63, 3.8) is 0 Å². The molecule has 1 saturated heterocycles. The molecular formula is C13H16ClNO3S. The molecule has 0 N–H and O–H groups in total. The number of nitrogens with zero attached hydrogens (tertiary/aromatic N) is 1. The highest BCUT2D eigenvalue weighted by atomic mass is 35.5. The highest BCUT2D eigenvalue weighted by Crippen LogP contribution is 2.25. The summed E-state index contributed by atoms with van der Waals surface area (Å²) in [5, 5.41) is 0.438. The first-order valence-electron chi connectivity index (χ1n) is 6.04. The average molecular weight is 302 g/mol. The summed E-state index contributed by atoms with van der Waals surface area (Å²) in [6, 6.07) is 5.04. The van der Waals surface area contributed by atoms with Crippen LogP contribution in [0.25, 0.3) is 0 Å². The van der Waals surface area contributed by atoms with Crippen LogP contribution in [-0.4, -0.2) is 53.1 Å². The van der Waals surface area contributed by atoms with E-state index in [1.807, 2.05) is 4.90 Å². The van der Waals surface area contributed by atoms with E-state index in [2.05, 4.69) is 0 Å². The van der Waals surface area contributed by atoms with E-state index in [4.69, 9.17) is 16.3 Å². The van der Waals surface area contributed by atoms with Gasteiger partial charge in [0.1, 0.15) is 5.75 Å². The van der Waals surface area contributed by atoms with Gasteiger partial charge in [0.15, 0.2) is 5.78 Å². The van der Waals surface area contributed by atoms with Gasteiger partial charge in [0.2, 0.25) is 0 Å². The Hall–Kier alpha value is -0.910. The van der Waals surface area contributed by atoms with Crippen LogP contribution in [0.5, 0.6) is 5.75 Å². The summed E-state index contributed by atoms with van der Waals surface area (Å²) in [4.78, 5) is 14.2. The molecule has 4 nitrogen and oxygen atoms in total. The maximum absolute atomic E-state index is 12.1. The first-order chi connectivity index (χ1) is 9.10. The Bertz CT molecular complexity index is 497. The number of hydrogen-bond acceptors (Lipinski definition) is 4. The second kappa shape index (κ2) is 6.50. The summed E-state index contributed by atoms with van der Waals surface area (Å²) in [6.45, 7) is 1.77. The molecule has 1 aliphatic rings. The molecule has 1 aromatic carbocycles. The van der Waals surface area contributed by atoms with Gasteiger partial charge >= 0.3 is 0 Å². The van der Waals surface area contributed by atoms with Crippen molar-refractivity contribution in [2.75, 3.05) is 38.2 Å². The minimum absolute atomic E-state index is 0.0252. The van der Waals surface area contributed by atoms with E-state index >= 15 is 0 Å². The predicted molar refractivity (Wildman–Crippen MR) is 76.7 cm³/mol. The minimum Gasteiger partial charge on any atom is -0.495 e. The van der Waals surface area contributed by atoms with E-state index in [1.165, 1.54) is 7.11 Å². The third kappa shape index (κ3) is 3.78. The van der Waals surface area contributed by atoms with Crippen molar-refractivity contribution in [2.45, 2.75) is 0 Å². The van der Waals surface area contributed by atoms with E-state index in [1.54, 1.807) is 18.2 Å². The maximum atomic E-state index is 12.1. The van der Waals surface area contributed by atoms with Crippen molar-refractivity contribution < 1.29 is 13.7 Å². The lowest BCUT2D eigenvalue weighted by Gasteiger charge is -2.25. The zero-order chi connectivity index (χ0) is 13.8. The molecule has 0 amide bonds. The predicted octanol–water partition coefficient (Wildman–Crippen LogP) is 1.60. The van der Waals surface area contributed by atoms with Gasteiger partial charge in [0.25, 0.3) is 0 Å². The summed E-state index contributed by atoms with van der Waals surface area (Å²) in [6.07, 6.45) is 0. The number of halogens is 1. The summed E-state index contributed by atoms with van der Waals surface area (Å²) < 4.78 is 16.3. The molecule has 6 heteroatoms. The van der Waals surface area contributed by atoms with Crippen LogP contribution in [0, 0.1) is 0 Å². The van der Waals surface area contributed by atoms with Gasteiger partial charge < -0.3 is 4.74 Å². The van der Waals surface area contributed by atoms with Gasteiger partial charge in [-0.15, -0.1) is 0 Å². The maximum Gasteiger partial charge on any atom is 0.176 e. The summed E-state index contributed by atoms with van der Waals surface area (Å²) in [5.41, 5.74) is 0.581. The van der Waals surface area contributed by atoms with Gasteiger partial charge in [-0.3, -0.25) is 13.9 Å². The van der Waals surface area contributed by atoms with Crippen molar-refractivity contribution in [1.82, 2.24) is 4.90 Å². The fraction of sp³-hybridized carbons (Fsp3) is 0.462. The van der Waals surface area contributed by atoms with Gasteiger partial charge in [0.05, 0.1) is 18.7 Å². The van der Waals surface area contributed by atoms with Crippen LogP contribution < -0.4 is 4.74 Å². The molecule has 0 bridgehead atoms. The molecule has 1 heterocycles. The Morgan fingerprint density at radius 1 is 1.42 bits per heavy atom. The van der Waals surface area contributed by atoms with E-state index < -0.39 is 10.8 Å². The van der Waals surface area contributed by atoms with Crippen LogP contribution in [-0.2, 0) is 10.8 Å². The number of carbonyl (C=O) groups is 1. The Kier molecular flexibility index (Phi) is 4.96. The molecule has 19 heavy (non-hydrogen) atoms. The zero-order valence-electron chi connectivity index (χ0n) is 10.7. The lowest BCUT2D eigenvalue weighted by molar-refractivity contribution is 0.0936. The lowest BCUT2D eigenvalue weighted by atomic mass is 10.1.